The van der Waals surface area contributed by atoms with Gasteiger partial charge in [-0.15, -0.1) is 0 Å². The summed E-state index contributed by atoms with van der Waals surface area (Å²) >= 11 is 0. The van der Waals surface area contributed by atoms with Gasteiger partial charge in [0.05, 0.1) is 33.5 Å². The molecule has 12 rings (SSSR count). The van der Waals surface area contributed by atoms with Crippen molar-refractivity contribution >= 4 is 43.6 Å². The summed E-state index contributed by atoms with van der Waals surface area (Å²) in [5.74, 6) is 0.713. The van der Waals surface area contributed by atoms with Crippen LogP contribution in [0.3, 0.4) is 0 Å². The third kappa shape index (κ3) is 6.08. The van der Waals surface area contributed by atoms with Crippen LogP contribution in [0.25, 0.3) is 111 Å². The highest BCUT2D eigenvalue weighted by Crippen LogP contribution is 2.38. The molecule has 0 spiro atoms. The Morgan fingerprint density at radius 2 is 0.661 bits per heavy atom. The van der Waals surface area contributed by atoms with E-state index in [0.29, 0.717) is 5.82 Å². The minimum absolute atomic E-state index is 0.713. The predicted molar refractivity (Wildman–Crippen MR) is 258 cm³/mol. The fourth-order valence-corrected chi connectivity index (χ4v) is 9.14. The van der Waals surface area contributed by atoms with E-state index in [1.807, 2.05) is 36.4 Å². The van der Waals surface area contributed by atoms with Crippen molar-refractivity contribution in [3.63, 3.8) is 0 Å². The molecule has 0 saturated heterocycles. The molecule has 0 amide bonds. The molecular formula is C58H38N4. The van der Waals surface area contributed by atoms with Gasteiger partial charge in [0.25, 0.3) is 0 Å². The monoisotopic (exact) mass is 790 g/mol. The Balaban J connectivity index is 0.909. The molecule has 0 fully saturated rings. The molecule has 0 aliphatic rings. The predicted octanol–water partition coefficient (Wildman–Crippen LogP) is 15.0. The van der Waals surface area contributed by atoms with E-state index in [2.05, 4.69) is 203 Å². The van der Waals surface area contributed by atoms with E-state index in [0.717, 1.165) is 44.9 Å². The zero-order valence-electron chi connectivity index (χ0n) is 33.7. The lowest BCUT2D eigenvalue weighted by Gasteiger charge is -2.12. The first-order valence-corrected chi connectivity index (χ1v) is 21.1. The average molecular weight is 791 g/mol. The number of aromatic nitrogens is 4. The minimum atomic E-state index is 0.713. The fraction of sp³-hybridized carbons (Fsp3) is 0. The minimum Gasteiger partial charge on any atom is -0.309 e. The zero-order valence-corrected chi connectivity index (χ0v) is 33.7. The van der Waals surface area contributed by atoms with Crippen LogP contribution in [0.15, 0.2) is 231 Å². The number of para-hydroxylation sites is 3. The van der Waals surface area contributed by atoms with Crippen LogP contribution in [0.5, 0.6) is 0 Å². The molecule has 12 aromatic rings. The smallest absolute Gasteiger partial charge is 0.160 e. The highest BCUT2D eigenvalue weighted by Gasteiger charge is 2.16. The van der Waals surface area contributed by atoms with Crippen LogP contribution in [-0.4, -0.2) is 19.1 Å². The molecule has 290 valence electrons. The van der Waals surface area contributed by atoms with Crippen LogP contribution in [0.1, 0.15) is 0 Å². The molecule has 4 heteroatoms. The van der Waals surface area contributed by atoms with Crippen LogP contribution in [0.2, 0.25) is 0 Å². The number of nitrogens with zero attached hydrogens (tertiary/aromatic N) is 4. The van der Waals surface area contributed by atoms with Crippen molar-refractivity contribution in [1.82, 2.24) is 19.1 Å². The molecular weight excluding hydrogens is 753 g/mol. The molecule has 0 aliphatic carbocycles. The van der Waals surface area contributed by atoms with Crippen LogP contribution in [0.4, 0.5) is 0 Å². The maximum Gasteiger partial charge on any atom is 0.160 e. The average Bonchev–Trinajstić information content (AvgIpc) is 3.87. The first-order chi connectivity index (χ1) is 30.7. The second-order valence-corrected chi connectivity index (χ2v) is 15.8. The third-order valence-electron chi connectivity index (χ3n) is 12.2. The van der Waals surface area contributed by atoms with Crippen molar-refractivity contribution < 1.29 is 0 Å². The summed E-state index contributed by atoms with van der Waals surface area (Å²) < 4.78 is 4.77. The van der Waals surface area contributed by atoms with E-state index < -0.39 is 0 Å². The fourth-order valence-electron chi connectivity index (χ4n) is 9.14. The van der Waals surface area contributed by atoms with Gasteiger partial charge in [0, 0.05) is 49.6 Å². The molecule has 0 aliphatic heterocycles. The second-order valence-electron chi connectivity index (χ2n) is 15.8. The van der Waals surface area contributed by atoms with Crippen molar-refractivity contribution in [2.75, 3.05) is 0 Å². The van der Waals surface area contributed by atoms with Gasteiger partial charge in [-0.25, -0.2) is 9.97 Å². The molecule has 0 unspecified atom stereocenters. The van der Waals surface area contributed by atoms with E-state index in [-0.39, 0.29) is 0 Å². The summed E-state index contributed by atoms with van der Waals surface area (Å²) in [5.41, 5.74) is 16.6. The van der Waals surface area contributed by atoms with Gasteiger partial charge in [-0.05, 0) is 82.9 Å². The Bertz CT molecular complexity index is 3530. The van der Waals surface area contributed by atoms with Crippen LogP contribution >= 0.6 is 0 Å². The van der Waals surface area contributed by atoms with Gasteiger partial charge in [-0.1, -0.05) is 170 Å². The zero-order chi connectivity index (χ0) is 41.0. The van der Waals surface area contributed by atoms with Crippen molar-refractivity contribution in [1.29, 1.82) is 0 Å². The number of hydrogen-bond acceptors (Lipinski definition) is 2. The molecule has 62 heavy (non-hydrogen) atoms. The number of hydrogen-bond donors (Lipinski definition) is 0. The van der Waals surface area contributed by atoms with Gasteiger partial charge in [-0.3, -0.25) is 0 Å². The normalized spacial score (nSPS) is 11.5. The number of benzene rings is 9. The van der Waals surface area contributed by atoms with Crippen molar-refractivity contribution in [3.05, 3.63) is 231 Å². The Morgan fingerprint density at radius 1 is 0.242 bits per heavy atom. The lowest BCUT2D eigenvalue weighted by atomic mass is 10.0. The number of fused-ring (bicyclic) bond motifs is 6. The topological polar surface area (TPSA) is 35.6 Å². The summed E-state index contributed by atoms with van der Waals surface area (Å²) in [5, 5.41) is 4.97. The van der Waals surface area contributed by atoms with Gasteiger partial charge < -0.3 is 9.13 Å². The van der Waals surface area contributed by atoms with E-state index >= 15 is 0 Å². The Kier molecular flexibility index (Phi) is 8.46. The van der Waals surface area contributed by atoms with Crippen LogP contribution in [-0.2, 0) is 0 Å². The van der Waals surface area contributed by atoms with Gasteiger partial charge in [0.15, 0.2) is 5.82 Å². The third-order valence-corrected chi connectivity index (χ3v) is 12.2. The summed E-state index contributed by atoms with van der Waals surface area (Å²) in [4.78, 5) is 10.0. The van der Waals surface area contributed by atoms with Crippen LogP contribution < -0.4 is 0 Å². The molecule has 3 heterocycles. The Labute approximate surface area is 359 Å². The van der Waals surface area contributed by atoms with Gasteiger partial charge in [-0.2, -0.15) is 0 Å². The first kappa shape index (κ1) is 35.6. The van der Waals surface area contributed by atoms with Crippen molar-refractivity contribution in [3.8, 4) is 67.5 Å². The highest BCUT2D eigenvalue weighted by molar-refractivity contribution is 6.11. The molecule has 0 radical (unpaired) electrons. The lowest BCUT2D eigenvalue weighted by Crippen LogP contribution is -1.96. The maximum atomic E-state index is 5.06. The molecule has 0 atom stereocenters. The Hall–Kier alpha value is -8.34. The molecule has 3 aromatic heterocycles. The summed E-state index contributed by atoms with van der Waals surface area (Å²) in [6.07, 6.45) is 0. The van der Waals surface area contributed by atoms with Crippen LogP contribution in [0, 0.1) is 0 Å². The van der Waals surface area contributed by atoms with Gasteiger partial charge in [0.1, 0.15) is 0 Å². The second kappa shape index (κ2) is 14.7. The molecule has 0 saturated carbocycles. The molecule has 9 aromatic carbocycles. The van der Waals surface area contributed by atoms with E-state index in [4.69, 9.17) is 9.97 Å². The van der Waals surface area contributed by atoms with Crippen molar-refractivity contribution in [2.24, 2.45) is 0 Å². The van der Waals surface area contributed by atoms with Gasteiger partial charge in [0.2, 0.25) is 0 Å². The lowest BCUT2D eigenvalue weighted by molar-refractivity contribution is 1.18. The molecule has 0 N–H and O–H groups in total. The largest absolute Gasteiger partial charge is 0.309 e. The summed E-state index contributed by atoms with van der Waals surface area (Å²) in [6.45, 7) is 0. The van der Waals surface area contributed by atoms with Crippen molar-refractivity contribution in [2.45, 2.75) is 0 Å². The highest BCUT2D eigenvalue weighted by atomic mass is 15.0. The Morgan fingerprint density at radius 3 is 1.32 bits per heavy atom. The first-order valence-electron chi connectivity index (χ1n) is 21.1. The van der Waals surface area contributed by atoms with E-state index in [9.17, 15) is 0 Å². The van der Waals surface area contributed by atoms with E-state index in [1.54, 1.807) is 0 Å². The van der Waals surface area contributed by atoms with Gasteiger partial charge >= 0.3 is 0 Å². The van der Waals surface area contributed by atoms with E-state index in [1.165, 1.54) is 60.4 Å². The standard InChI is InChI=1S/C58H38N4/c1-4-14-41(15-5-1)52-38-53(60-58(59-52)43-16-6-2-7-17-43)42-26-24-39(25-27-42)45-30-34-50-48-20-10-12-22-54(48)62(57(50)37-45)47-32-28-40(29-33-47)44-31-35-56-51(36-44)49-21-11-13-23-55(49)61(56)46-18-8-3-9-19-46/h1-38H. The quantitative estimate of drug-likeness (QED) is 0.161. The molecule has 0 bridgehead atoms. The molecule has 4 nitrogen and oxygen atoms in total. The SMILES string of the molecule is c1ccc(-c2cc(-c3ccc(-c4ccc5c6ccccc6n(-c6ccc(-c7ccc8c(c7)c7ccccc7n8-c7ccccc7)cc6)c5c4)cc3)nc(-c3ccccc3)n2)cc1. The summed E-state index contributed by atoms with van der Waals surface area (Å²) in [6, 6.07) is 82.2. The number of rotatable bonds is 7. The summed E-state index contributed by atoms with van der Waals surface area (Å²) in [7, 11) is 0. The maximum absolute atomic E-state index is 5.06.